The van der Waals surface area contributed by atoms with Crippen molar-refractivity contribution in [2.45, 2.75) is 88.5 Å². The van der Waals surface area contributed by atoms with E-state index < -0.39 is 0 Å². The van der Waals surface area contributed by atoms with Gasteiger partial charge in [-0.3, -0.25) is 0 Å². The number of hydrogen-bond acceptors (Lipinski definition) is 6. The molecule has 9 aromatic heterocycles. The molecule has 9 nitrogen and oxygen atoms in total. The van der Waals surface area contributed by atoms with E-state index in [2.05, 4.69) is 288 Å². The highest BCUT2D eigenvalue weighted by molar-refractivity contribution is 6.11. The minimum atomic E-state index is 0.513. The standard InChI is InChI=1S/C29H29N2O.C28H27N2O.C26H23N2O/c1-18(2)16-21-8-10-22(11-9-21)23-12-15-26(31(5)17-23)27-19(3)6-13-24-25-14-7-20(4)30-29(25)32-28(24)27;1-17(2)20-7-6-8-21(15-20)22-11-14-25(30(5)16-22)26-18(3)9-12-23-24-13-10-19(4)29-28(24)31-27(23)26;1-16-6-5-7-19(14-16)20-10-13-23(28(4)15-20)24-17(2)8-11-21-22-12-9-18(3)27-26(22)29-25(21)24/h6-15,17-18H,16H2,1-5H3;6-17H,1-5H3;5-15H,1-4H3/q3*+1. The molecule has 0 N–H and O–H groups in total. The average molecular weight is 1210 g/mol. The van der Waals surface area contributed by atoms with E-state index in [0.29, 0.717) is 29.0 Å². The Labute approximate surface area is 539 Å². The van der Waals surface area contributed by atoms with Gasteiger partial charge in [0.25, 0.3) is 0 Å². The molecule has 0 unspecified atom stereocenters. The van der Waals surface area contributed by atoms with Gasteiger partial charge in [-0.05, 0) is 166 Å². The van der Waals surface area contributed by atoms with Crippen molar-refractivity contribution in [1.82, 2.24) is 15.0 Å². The summed E-state index contributed by atoms with van der Waals surface area (Å²) >= 11 is 0. The van der Waals surface area contributed by atoms with E-state index in [0.717, 1.165) is 106 Å². The Kier molecular flexibility index (Phi) is 16.3. The molecule has 0 amide bonds. The number of aromatic nitrogens is 6. The first-order chi connectivity index (χ1) is 44.3. The molecule has 0 aliphatic heterocycles. The maximum atomic E-state index is 6.29. The third kappa shape index (κ3) is 11.8. The van der Waals surface area contributed by atoms with E-state index in [4.69, 9.17) is 13.3 Å². The van der Waals surface area contributed by atoms with Crippen molar-refractivity contribution in [3.05, 3.63) is 251 Å². The fraction of sp³-hybridized carbons (Fsp3) is 0.205. The number of pyridine rings is 6. The summed E-state index contributed by atoms with van der Waals surface area (Å²) in [6.45, 7) is 23.5. The highest BCUT2D eigenvalue weighted by atomic mass is 16.3. The Morgan fingerprint density at radius 3 is 1.08 bits per heavy atom. The maximum Gasteiger partial charge on any atom is 0.227 e. The van der Waals surface area contributed by atoms with Gasteiger partial charge in [0.15, 0.2) is 35.3 Å². The summed E-state index contributed by atoms with van der Waals surface area (Å²) in [6.07, 6.45) is 7.71. The second-order valence-corrected chi connectivity index (χ2v) is 25.8. The number of furan rings is 3. The topological polar surface area (TPSA) is 89.7 Å². The first kappa shape index (κ1) is 60.5. The van der Waals surface area contributed by atoms with Crippen LogP contribution in [0.5, 0.6) is 0 Å². The summed E-state index contributed by atoms with van der Waals surface area (Å²) in [4.78, 5) is 13.8. The minimum absolute atomic E-state index is 0.513. The van der Waals surface area contributed by atoms with E-state index in [1.54, 1.807) is 0 Å². The highest BCUT2D eigenvalue weighted by Gasteiger charge is 2.25. The molecule has 456 valence electrons. The second kappa shape index (κ2) is 24.8. The average Bonchev–Trinajstić information content (AvgIpc) is 1.58. The molecular weight excluding hydrogens is 1130 g/mol. The number of fused-ring (bicyclic) bond motifs is 9. The van der Waals surface area contributed by atoms with Crippen LogP contribution in [0.25, 0.3) is 133 Å². The van der Waals surface area contributed by atoms with Crippen molar-refractivity contribution in [3.8, 4) is 67.2 Å². The van der Waals surface area contributed by atoms with Crippen LogP contribution < -0.4 is 13.7 Å². The van der Waals surface area contributed by atoms with E-state index >= 15 is 0 Å². The van der Waals surface area contributed by atoms with Gasteiger partial charge >= 0.3 is 0 Å². The quantitative estimate of drug-likeness (QED) is 0.134. The summed E-state index contributed by atoms with van der Waals surface area (Å²) < 4.78 is 25.4. The summed E-state index contributed by atoms with van der Waals surface area (Å²) in [6, 6.07) is 64.9. The van der Waals surface area contributed by atoms with Crippen LogP contribution >= 0.6 is 0 Å². The fourth-order valence-electron chi connectivity index (χ4n) is 13.0. The molecule has 0 saturated heterocycles. The molecular formula is C83H79N6O3+3. The predicted octanol–water partition coefficient (Wildman–Crippen LogP) is 19.9. The third-order valence-electron chi connectivity index (χ3n) is 17.9. The predicted molar refractivity (Wildman–Crippen MR) is 376 cm³/mol. The first-order valence-electron chi connectivity index (χ1n) is 32.0. The fourth-order valence-corrected chi connectivity index (χ4v) is 13.0. The van der Waals surface area contributed by atoms with Crippen LogP contribution in [0.4, 0.5) is 0 Å². The normalized spacial score (nSPS) is 11.6. The van der Waals surface area contributed by atoms with Crippen molar-refractivity contribution in [2.75, 3.05) is 0 Å². The molecule has 9 heterocycles. The van der Waals surface area contributed by atoms with Crippen molar-refractivity contribution >= 4 is 66.2 Å². The van der Waals surface area contributed by atoms with Crippen molar-refractivity contribution in [1.29, 1.82) is 0 Å². The molecule has 0 fully saturated rings. The molecule has 0 saturated carbocycles. The largest absolute Gasteiger partial charge is 0.437 e. The summed E-state index contributed by atoms with van der Waals surface area (Å²) in [5.41, 5.74) is 29.3. The SMILES string of the molecule is Cc1ccc2c(n1)oc1c(-c3ccc(-c4ccc(CC(C)C)cc4)c[n+]3C)c(C)ccc12.Cc1ccc2c(n1)oc1c(-c3ccc(-c4cccc(C(C)C)c4)c[n+]3C)c(C)ccc12.Cc1cccc(-c2ccc(-c3c(C)ccc4c3oc3nc(C)ccc34)[n+](C)c2)c1. The van der Waals surface area contributed by atoms with Gasteiger partial charge in [0.05, 0.1) is 16.7 Å². The molecule has 0 bridgehead atoms. The van der Waals surface area contributed by atoms with Crippen molar-refractivity contribution in [3.63, 3.8) is 0 Å². The van der Waals surface area contributed by atoms with E-state index in [1.807, 2.05) is 39.0 Å². The lowest BCUT2D eigenvalue weighted by Crippen LogP contribution is -2.31. The van der Waals surface area contributed by atoms with Gasteiger partial charge < -0.3 is 13.3 Å². The highest BCUT2D eigenvalue weighted by Crippen LogP contribution is 2.40. The molecule has 0 atom stereocenters. The lowest BCUT2D eigenvalue weighted by Gasteiger charge is -2.09. The Bertz CT molecular complexity index is 5330. The zero-order chi connectivity index (χ0) is 64.2. The number of nitrogens with zero attached hydrogens (tertiary/aromatic N) is 6. The molecule has 92 heavy (non-hydrogen) atoms. The number of benzene rings is 6. The van der Waals surface area contributed by atoms with Crippen LogP contribution in [0.15, 0.2) is 214 Å². The maximum absolute atomic E-state index is 6.29. The monoisotopic (exact) mass is 1210 g/mol. The molecule has 0 aliphatic rings. The van der Waals surface area contributed by atoms with E-state index in [9.17, 15) is 0 Å². The van der Waals surface area contributed by atoms with Crippen LogP contribution in [0, 0.1) is 54.4 Å². The molecule has 15 aromatic rings. The van der Waals surface area contributed by atoms with Gasteiger partial charge in [0, 0.05) is 84.3 Å². The van der Waals surface area contributed by atoms with Crippen LogP contribution in [0.3, 0.4) is 0 Å². The molecule has 0 radical (unpaired) electrons. The number of hydrogen-bond donors (Lipinski definition) is 0. The van der Waals surface area contributed by atoms with Gasteiger partial charge in [0.1, 0.15) is 21.1 Å². The summed E-state index contributed by atoms with van der Waals surface area (Å²) in [5, 5.41) is 6.51. The molecule has 15 rings (SSSR count). The third-order valence-corrected chi connectivity index (χ3v) is 17.9. The zero-order valence-electron chi connectivity index (χ0n) is 55.3. The first-order valence-corrected chi connectivity index (χ1v) is 32.0. The van der Waals surface area contributed by atoms with Gasteiger partial charge in [0.2, 0.25) is 34.2 Å². The van der Waals surface area contributed by atoms with Crippen molar-refractivity contribution in [2.24, 2.45) is 27.1 Å². The lowest BCUT2D eigenvalue weighted by atomic mass is 9.97. The van der Waals surface area contributed by atoms with Crippen LogP contribution in [-0.4, -0.2) is 15.0 Å². The van der Waals surface area contributed by atoms with Crippen LogP contribution in [0.2, 0.25) is 0 Å². The second-order valence-electron chi connectivity index (χ2n) is 25.8. The number of aryl methyl sites for hydroxylation is 10. The molecule has 0 aliphatic carbocycles. The summed E-state index contributed by atoms with van der Waals surface area (Å²) in [7, 11) is 6.31. The Morgan fingerprint density at radius 1 is 0.348 bits per heavy atom. The Morgan fingerprint density at radius 2 is 0.707 bits per heavy atom. The van der Waals surface area contributed by atoms with E-state index in [1.165, 1.54) is 66.8 Å². The van der Waals surface area contributed by atoms with Crippen molar-refractivity contribution < 1.29 is 27.0 Å². The van der Waals surface area contributed by atoms with Crippen LogP contribution in [-0.2, 0) is 27.6 Å². The van der Waals surface area contributed by atoms with Gasteiger partial charge in [-0.25, -0.2) is 28.7 Å². The summed E-state index contributed by atoms with van der Waals surface area (Å²) in [5.74, 6) is 1.18. The minimum Gasteiger partial charge on any atom is -0.437 e. The molecule has 0 spiro atoms. The van der Waals surface area contributed by atoms with Gasteiger partial charge in [-0.2, -0.15) is 0 Å². The molecule has 9 heteroatoms. The Hall–Kier alpha value is -10.4. The van der Waals surface area contributed by atoms with Gasteiger partial charge in [-0.15, -0.1) is 0 Å². The molecule has 6 aromatic carbocycles. The van der Waals surface area contributed by atoms with Crippen LogP contribution in [0.1, 0.15) is 84.1 Å². The Balaban J connectivity index is 0.000000126. The van der Waals surface area contributed by atoms with E-state index in [-0.39, 0.29) is 0 Å². The smallest absolute Gasteiger partial charge is 0.227 e. The lowest BCUT2D eigenvalue weighted by molar-refractivity contribution is -0.660. The number of rotatable bonds is 9. The van der Waals surface area contributed by atoms with Gasteiger partial charge in [-0.1, -0.05) is 142 Å². The zero-order valence-corrected chi connectivity index (χ0v) is 55.3.